The molecule has 2 aromatic rings. The summed E-state index contributed by atoms with van der Waals surface area (Å²) in [5, 5.41) is 9.94. The largest absolute Gasteiger partial charge is 0.499 e. The SMILES string of the molecule is Oc1cc2ccc(S)c(F)c2s1. The van der Waals surface area contributed by atoms with Gasteiger partial charge in [0, 0.05) is 4.90 Å². The van der Waals surface area contributed by atoms with E-state index in [0.717, 1.165) is 11.3 Å². The van der Waals surface area contributed by atoms with Crippen LogP contribution in [0.4, 0.5) is 4.39 Å². The van der Waals surface area contributed by atoms with E-state index in [1.165, 1.54) is 6.07 Å². The van der Waals surface area contributed by atoms with Crippen LogP contribution in [0.1, 0.15) is 0 Å². The van der Waals surface area contributed by atoms with Crippen molar-refractivity contribution in [2.24, 2.45) is 0 Å². The molecule has 1 heterocycles. The van der Waals surface area contributed by atoms with Crippen LogP contribution in [0.3, 0.4) is 0 Å². The Kier molecular flexibility index (Phi) is 1.73. The molecule has 0 saturated carbocycles. The summed E-state index contributed by atoms with van der Waals surface area (Å²) in [6.45, 7) is 0. The highest BCUT2D eigenvalue weighted by Crippen LogP contribution is 2.34. The molecule has 0 aliphatic carbocycles. The first-order chi connectivity index (χ1) is 5.68. The molecule has 4 heteroatoms. The fourth-order valence-corrected chi connectivity index (χ4v) is 2.15. The lowest BCUT2D eigenvalue weighted by atomic mass is 10.2. The number of fused-ring (bicyclic) bond motifs is 1. The van der Waals surface area contributed by atoms with Crippen molar-refractivity contribution in [3.05, 3.63) is 24.0 Å². The van der Waals surface area contributed by atoms with Crippen LogP contribution in [0.5, 0.6) is 5.06 Å². The number of halogens is 1. The zero-order chi connectivity index (χ0) is 8.72. The lowest BCUT2D eigenvalue weighted by molar-refractivity contribution is 0.491. The molecule has 0 unspecified atom stereocenters. The highest BCUT2D eigenvalue weighted by atomic mass is 32.1. The zero-order valence-electron chi connectivity index (χ0n) is 5.91. The van der Waals surface area contributed by atoms with Gasteiger partial charge in [-0.2, -0.15) is 0 Å². The van der Waals surface area contributed by atoms with E-state index < -0.39 is 0 Å². The molecule has 1 aromatic heterocycles. The topological polar surface area (TPSA) is 20.2 Å². The standard InChI is InChI=1S/C8H5FOS2/c9-7-5(11)2-1-4-3-6(10)12-8(4)7/h1-3,10-11H. The molecule has 0 saturated heterocycles. The minimum Gasteiger partial charge on any atom is -0.499 e. The number of thiophene rings is 1. The van der Waals surface area contributed by atoms with E-state index in [1.54, 1.807) is 12.1 Å². The Morgan fingerprint density at radius 2 is 2.17 bits per heavy atom. The molecule has 0 aliphatic heterocycles. The Labute approximate surface area is 77.9 Å². The molecule has 0 amide bonds. The molecule has 12 heavy (non-hydrogen) atoms. The monoisotopic (exact) mass is 200 g/mol. The van der Waals surface area contributed by atoms with Crippen molar-refractivity contribution in [1.82, 2.24) is 0 Å². The highest BCUT2D eigenvalue weighted by molar-refractivity contribution is 7.80. The Bertz CT molecular complexity index is 436. The van der Waals surface area contributed by atoms with E-state index in [0.29, 0.717) is 15.0 Å². The van der Waals surface area contributed by atoms with E-state index in [2.05, 4.69) is 12.6 Å². The lowest BCUT2D eigenvalue weighted by Gasteiger charge is -1.94. The molecule has 0 spiro atoms. The minimum absolute atomic E-state index is 0.128. The summed E-state index contributed by atoms with van der Waals surface area (Å²) in [6.07, 6.45) is 0. The van der Waals surface area contributed by atoms with Gasteiger partial charge < -0.3 is 5.11 Å². The quantitative estimate of drug-likeness (QED) is 0.626. The Morgan fingerprint density at radius 1 is 1.42 bits per heavy atom. The van der Waals surface area contributed by atoms with Gasteiger partial charge in [0.15, 0.2) is 10.9 Å². The lowest BCUT2D eigenvalue weighted by Crippen LogP contribution is -1.75. The second-order valence-electron chi connectivity index (χ2n) is 2.40. The first-order valence-corrected chi connectivity index (χ1v) is 4.55. The van der Waals surface area contributed by atoms with Gasteiger partial charge in [0.25, 0.3) is 0 Å². The Balaban J connectivity index is 2.89. The molecule has 1 aromatic carbocycles. The maximum absolute atomic E-state index is 13.2. The maximum atomic E-state index is 13.2. The second-order valence-corrected chi connectivity index (χ2v) is 3.91. The van der Waals surface area contributed by atoms with Crippen molar-refractivity contribution in [2.45, 2.75) is 4.90 Å². The Morgan fingerprint density at radius 3 is 2.92 bits per heavy atom. The average Bonchev–Trinajstić information content (AvgIpc) is 2.39. The van der Waals surface area contributed by atoms with Gasteiger partial charge in [0.1, 0.15) is 0 Å². The molecule has 0 atom stereocenters. The number of hydrogen-bond acceptors (Lipinski definition) is 3. The minimum atomic E-state index is -0.360. The summed E-state index contributed by atoms with van der Waals surface area (Å²) in [5.41, 5.74) is 0. The van der Waals surface area contributed by atoms with E-state index in [9.17, 15) is 4.39 Å². The fourth-order valence-electron chi connectivity index (χ4n) is 1.05. The van der Waals surface area contributed by atoms with Gasteiger partial charge in [0.05, 0.1) is 4.70 Å². The summed E-state index contributed by atoms with van der Waals surface area (Å²) in [4.78, 5) is 0.310. The van der Waals surface area contributed by atoms with Gasteiger partial charge in [-0.05, 0) is 17.5 Å². The molecular weight excluding hydrogens is 195 g/mol. The van der Waals surface area contributed by atoms with Crippen molar-refractivity contribution >= 4 is 34.1 Å². The van der Waals surface area contributed by atoms with Crippen molar-refractivity contribution in [3.8, 4) is 5.06 Å². The summed E-state index contributed by atoms with van der Waals surface area (Å²) < 4.78 is 13.7. The van der Waals surface area contributed by atoms with Crippen LogP contribution in [0.15, 0.2) is 23.1 Å². The van der Waals surface area contributed by atoms with E-state index in [-0.39, 0.29) is 10.9 Å². The van der Waals surface area contributed by atoms with E-state index in [1.807, 2.05) is 0 Å². The normalized spacial score (nSPS) is 10.8. The van der Waals surface area contributed by atoms with Gasteiger partial charge >= 0.3 is 0 Å². The van der Waals surface area contributed by atoms with Gasteiger partial charge in [-0.1, -0.05) is 17.4 Å². The van der Waals surface area contributed by atoms with E-state index >= 15 is 0 Å². The number of rotatable bonds is 0. The van der Waals surface area contributed by atoms with Crippen LogP contribution >= 0.6 is 24.0 Å². The molecule has 62 valence electrons. The highest BCUT2D eigenvalue weighted by Gasteiger charge is 2.07. The fraction of sp³-hybridized carbons (Fsp3) is 0. The molecule has 0 bridgehead atoms. The first-order valence-electron chi connectivity index (χ1n) is 3.28. The molecule has 0 fully saturated rings. The second kappa shape index (κ2) is 2.64. The summed E-state index contributed by atoms with van der Waals surface area (Å²) >= 11 is 4.96. The van der Waals surface area contributed by atoms with Crippen LogP contribution in [-0.2, 0) is 0 Å². The summed E-state index contributed by atoms with van der Waals surface area (Å²) in [5.74, 6) is -0.360. The van der Waals surface area contributed by atoms with Crippen LogP contribution in [-0.4, -0.2) is 5.11 Å². The molecule has 0 radical (unpaired) electrons. The molecule has 0 aliphatic rings. The van der Waals surface area contributed by atoms with Crippen LogP contribution in [0, 0.1) is 5.82 Å². The van der Waals surface area contributed by atoms with Crippen molar-refractivity contribution in [3.63, 3.8) is 0 Å². The number of aromatic hydroxyl groups is 1. The van der Waals surface area contributed by atoms with E-state index in [4.69, 9.17) is 5.11 Å². The van der Waals surface area contributed by atoms with Crippen molar-refractivity contribution in [2.75, 3.05) is 0 Å². The van der Waals surface area contributed by atoms with Crippen LogP contribution in [0.2, 0.25) is 0 Å². The molecule has 1 N–H and O–H groups in total. The smallest absolute Gasteiger partial charge is 0.172 e. The van der Waals surface area contributed by atoms with Crippen molar-refractivity contribution in [1.29, 1.82) is 0 Å². The molecule has 2 rings (SSSR count). The van der Waals surface area contributed by atoms with Crippen molar-refractivity contribution < 1.29 is 9.50 Å². The predicted octanol–water partition coefficient (Wildman–Crippen LogP) is 3.03. The first kappa shape index (κ1) is 7.89. The number of hydrogen-bond donors (Lipinski definition) is 2. The van der Waals surface area contributed by atoms with Crippen LogP contribution < -0.4 is 0 Å². The van der Waals surface area contributed by atoms with Crippen LogP contribution in [0.25, 0.3) is 10.1 Å². The number of benzene rings is 1. The third-order valence-corrected chi connectivity index (χ3v) is 2.88. The summed E-state index contributed by atoms with van der Waals surface area (Å²) in [7, 11) is 0. The van der Waals surface area contributed by atoms with Gasteiger partial charge in [-0.15, -0.1) is 12.6 Å². The van der Waals surface area contributed by atoms with Gasteiger partial charge in [-0.25, -0.2) is 4.39 Å². The molecular formula is C8H5FOS2. The number of thiol groups is 1. The third-order valence-electron chi connectivity index (χ3n) is 1.59. The Hall–Kier alpha value is -0.740. The average molecular weight is 200 g/mol. The maximum Gasteiger partial charge on any atom is 0.172 e. The van der Waals surface area contributed by atoms with Gasteiger partial charge in [0.2, 0.25) is 0 Å². The predicted molar refractivity (Wildman–Crippen MR) is 50.7 cm³/mol. The molecule has 1 nitrogen and oxygen atoms in total. The summed E-state index contributed by atoms with van der Waals surface area (Å²) in [6, 6.07) is 4.85. The zero-order valence-corrected chi connectivity index (χ0v) is 7.62. The van der Waals surface area contributed by atoms with Gasteiger partial charge in [-0.3, -0.25) is 0 Å². The third kappa shape index (κ3) is 1.07.